The third kappa shape index (κ3) is 5.70. The maximum atomic E-state index is 14.1. The Morgan fingerprint density at radius 1 is 0.950 bits per heavy atom. The molecule has 0 bridgehead atoms. The van der Waals surface area contributed by atoms with Crippen molar-refractivity contribution in [2.75, 3.05) is 33.3 Å². The third-order valence-electron chi connectivity index (χ3n) is 7.15. The maximum Gasteiger partial charge on any atom is 0.410 e. The highest BCUT2D eigenvalue weighted by molar-refractivity contribution is 7.13. The number of aromatic nitrogens is 1. The van der Waals surface area contributed by atoms with Crippen LogP contribution in [0.1, 0.15) is 57.1 Å². The molecule has 1 aromatic carbocycles. The number of thiophene rings is 1. The molecule has 0 unspecified atom stereocenters. The average Bonchev–Trinajstić information content (AvgIpc) is 3.48. The molecule has 40 heavy (non-hydrogen) atoms. The first-order chi connectivity index (χ1) is 19.1. The van der Waals surface area contributed by atoms with Crippen molar-refractivity contribution in [1.82, 2.24) is 14.4 Å². The number of carbonyl (C=O) groups excluding carboxylic acids is 2. The molecule has 3 aromatic rings. The number of methoxy groups -OCH3 is 1. The molecule has 0 N–H and O–H groups in total. The molecule has 2 aliphatic heterocycles. The smallest absolute Gasteiger partial charge is 0.410 e. The third-order valence-corrected chi connectivity index (χ3v) is 8.05. The van der Waals surface area contributed by atoms with Gasteiger partial charge in [-0.15, -0.1) is 11.3 Å². The van der Waals surface area contributed by atoms with Gasteiger partial charge >= 0.3 is 6.09 Å². The van der Waals surface area contributed by atoms with Crippen molar-refractivity contribution in [2.45, 2.75) is 65.7 Å². The van der Waals surface area contributed by atoms with Crippen LogP contribution in [0.25, 0.3) is 21.7 Å². The van der Waals surface area contributed by atoms with Gasteiger partial charge in [-0.2, -0.15) is 0 Å². The molecular formula is C31H39N3O5S. The standard InChI is InChI=1S/C31H39N3O5S/c1-20(2)38-26-19-22-21(17-25(26)37-6)10-13-34-24(18-23(28(22)34)27-9-7-16-40-27)29(35)32-11-8-12-33(15-14-32)30(36)39-31(3,4)5/h7,9,16-20H,8,10-15H2,1-6H3. The van der Waals surface area contributed by atoms with Crippen LogP contribution in [0, 0.1) is 0 Å². The summed E-state index contributed by atoms with van der Waals surface area (Å²) in [5.74, 6) is 1.41. The van der Waals surface area contributed by atoms with Gasteiger partial charge in [0.1, 0.15) is 11.3 Å². The fraction of sp³-hybridized carbons (Fsp3) is 0.484. The molecule has 2 aromatic heterocycles. The molecule has 9 heteroatoms. The minimum atomic E-state index is -0.553. The first-order valence-electron chi connectivity index (χ1n) is 14.0. The Balaban J connectivity index is 1.50. The summed E-state index contributed by atoms with van der Waals surface area (Å²) < 4.78 is 19.5. The van der Waals surface area contributed by atoms with Crippen LogP contribution < -0.4 is 9.47 Å². The van der Waals surface area contributed by atoms with E-state index in [1.165, 1.54) is 5.56 Å². The molecule has 2 aliphatic rings. The zero-order chi connectivity index (χ0) is 28.6. The molecule has 8 nitrogen and oxygen atoms in total. The molecule has 1 saturated heterocycles. The van der Waals surface area contributed by atoms with E-state index in [2.05, 4.69) is 28.1 Å². The Kier molecular flexibility index (Phi) is 7.86. The molecular weight excluding hydrogens is 526 g/mol. The Morgan fingerprint density at radius 3 is 2.38 bits per heavy atom. The zero-order valence-electron chi connectivity index (χ0n) is 24.3. The van der Waals surface area contributed by atoms with Crippen molar-refractivity contribution in [1.29, 1.82) is 0 Å². The second-order valence-electron chi connectivity index (χ2n) is 11.6. The monoisotopic (exact) mass is 565 g/mol. The molecule has 4 heterocycles. The van der Waals surface area contributed by atoms with E-state index < -0.39 is 5.60 Å². The predicted molar refractivity (Wildman–Crippen MR) is 158 cm³/mol. The number of amides is 2. The number of aryl methyl sites for hydroxylation is 1. The van der Waals surface area contributed by atoms with Gasteiger partial charge in [0.25, 0.3) is 5.91 Å². The van der Waals surface area contributed by atoms with Crippen molar-refractivity contribution < 1.29 is 23.8 Å². The van der Waals surface area contributed by atoms with Crippen LogP contribution in [0.5, 0.6) is 11.5 Å². The number of carbonyl (C=O) groups is 2. The minimum Gasteiger partial charge on any atom is -0.493 e. The van der Waals surface area contributed by atoms with Crippen LogP contribution in [0.2, 0.25) is 0 Å². The summed E-state index contributed by atoms with van der Waals surface area (Å²) >= 11 is 1.67. The number of hydrogen-bond donors (Lipinski definition) is 0. The molecule has 0 spiro atoms. The topological polar surface area (TPSA) is 73.2 Å². The summed E-state index contributed by atoms with van der Waals surface area (Å²) in [6, 6.07) is 10.3. The van der Waals surface area contributed by atoms with E-state index in [-0.39, 0.29) is 18.1 Å². The number of benzene rings is 1. The zero-order valence-corrected chi connectivity index (χ0v) is 25.1. The number of hydrogen-bond acceptors (Lipinski definition) is 6. The number of ether oxygens (including phenoxy) is 3. The predicted octanol–water partition coefficient (Wildman–Crippen LogP) is 6.32. The lowest BCUT2D eigenvalue weighted by Crippen LogP contribution is -2.40. The largest absolute Gasteiger partial charge is 0.493 e. The Bertz CT molecular complexity index is 1390. The summed E-state index contributed by atoms with van der Waals surface area (Å²) in [5, 5.41) is 2.06. The number of fused-ring (bicyclic) bond motifs is 3. The van der Waals surface area contributed by atoms with Crippen molar-refractivity contribution in [2.24, 2.45) is 0 Å². The van der Waals surface area contributed by atoms with Crippen LogP contribution >= 0.6 is 11.3 Å². The lowest BCUT2D eigenvalue weighted by Gasteiger charge is -2.27. The molecule has 0 saturated carbocycles. The van der Waals surface area contributed by atoms with Gasteiger partial charge in [-0.25, -0.2) is 4.79 Å². The Labute approximate surface area is 240 Å². The quantitative estimate of drug-likeness (QED) is 0.362. The Hall–Kier alpha value is -3.46. The van der Waals surface area contributed by atoms with Gasteiger partial charge in [0.2, 0.25) is 0 Å². The van der Waals surface area contributed by atoms with Gasteiger partial charge in [0.05, 0.1) is 18.9 Å². The van der Waals surface area contributed by atoms with E-state index in [0.717, 1.165) is 33.9 Å². The van der Waals surface area contributed by atoms with Crippen LogP contribution in [0.4, 0.5) is 4.79 Å². The fourth-order valence-electron chi connectivity index (χ4n) is 5.43. The van der Waals surface area contributed by atoms with Crippen LogP contribution in [-0.2, 0) is 17.7 Å². The highest BCUT2D eigenvalue weighted by Crippen LogP contribution is 2.45. The molecule has 5 rings (SSSR count). The van der Waals surface area contributed by atoms with Gasteiger partial charge in [-0.1, -0.05) is 6.07 Å². The molecule has 0 aliphatic carbocycles. The van der Waals surface area contributed by atoms with Crippen molar-refractivity contribution in [3.63, 3.8) is 0 Å². The first kappa shape index (κ1) is 28.1. The average molecular weight is 566 g/mol. The van der Waals surface area contributed by atoms with E-state index >= 15 is 0 Å². The van der Waals surface area contributed by atoms with Crippen molar-refractivity contribution in [3.8, 4) is 33.2 Å². The van der Waals surface area contributed by atoms with E-state index in [4.69, 9.17) is 14.2 Å². The molecule has 0 atom stereocenters. The maximum absolute atomic E-state index is 14.1. The van der Waals surface area contributed by atoms with Gasteiger partial charge in [0.15, 0.2) is 11.5 Å². The van der Waals surface area contributed by atoms with Gasteiger partial charge in [0, 0.05) is 48.7 Å². The van der Waals surface area contributed by atoms with Crippen molar-refractivity contribution >= 4 is 23.3 Å². The van der Waals surface area contributed by atoms with Crippen LogP contribution in [0.15, 0.2) is 35.7 Å². The Morgan fingerprint density at radius 2 is 1.70 bits per heavy atom. The number of rotatable bonds is 5. The van der Waals surface area contributed by atoms with E-state index in [9.17, 15) is 9.59 Å². The number of nitrogens with zero attached hydrogens (tertiary/aromatic N) is 3. The SMILES string of the molecule is COc1cc2c(cc1OC(C)C)-c1c(-c3cccs3)cc(C(=O)N3CCCN(C(=O)OC(C)(C)C)CC3)n1CC2. The summed E-state index contributed by atoms with van der Waals surface area (Å²) in [6.07, 6.45) is 1.16. The van der Waals surface area contributed by atoms with Crippen LogP contribution in [0.3, 0.4) is 0 Å². The summed E-state index contributed by atoms with van der Waals surface area (Å²) in [7, 11) is 1.67. The minimum absolute atomic E-state index is 0.000451. The van der Waals surface area contributed by atoms with Crippen LogP contribution in [-0.4, -0.2) is 71.4 Å². The summed E-state index contributed by atoms with van der Waals surface area (Å²) in [4.78, 5) is 31.4. The summed E-state index contributed by atoms with van der Waals surface area (Å²) in [6.45, 7) is 12.4. The lowest BCUT2D eigenvalue weighted by molar-refractivity contribution is 0.0255. The van der Waals surface area contributed by atoms with E-state index in [1.807, 2.05) is 51.7 Å². The van der Waals surface area contributed by atoms with Gasteiger partial charge in [-0.3, -0.25) is 4.79 Å². The molecule has 0 radical (unpaired) electrons. The molecule has 1 fully saturated rings. The molecule has 2 amide bonds. The highest BCUT2D eigenvalue weighted by atomic mass is 32.1. The second-order valence-corrected chi connectivity index (χ2v) is 12.6. The molecule has 214 valence electrons. The normalized spacial score (nSPS) is 15.4. The second kappa shape index (κ2) is 11.2. The van der Waals surface area contributed by atoms with E-state index in [0.29, 0.717) is 50.6 Å². The lowest BCUT2D eigenvalue weighted by atomic mass is 9.95. The van der Waals surface area contributed by atoms with E-state index in [1.54, 1.807) is 23.3 Å². The highest BCUT2D eigenvalue weighted by Gasteiger charge is 2.32. The van der Waals surface area contributed by atoms with Gasteiger partial charge in [-0.05, 0) is 82.7 Å². The van der Waals surface area contributed by atoms with Gasteiger partial charge < -0.3 is 28.6 Å². The summed E-state index contributed by atoms with van der Waals surface area (Å²) in [5.41, 5.74) is 4.45. The fourth-order valence-corrected chi connectivity index (χ4v) is 6.17. The first-order valence-corrected chi connectivity index (χ1v) is 14.9. The van der Waals surface area contributed by atoms with Crippen molar-refractivity contribution in [3.05, 3.63) is 47.0 Å².